The van der Waals surface area contributed by atoms with E-state index in [9.17, 15) is 4.79 Å². The highest BCUT2D eigenvalue weighted by Crippen LogP contribution is 2.31. The van der Waals surface area contributed by atoms with Gasteiger partial charge in [-0.05, 0) is 40.5 Å². The summed E-state index contributed by atoms with van der Waals surface area (Å²) in [4.78, 5) is 14.1. The van der Waals surface area contributed by atoms with Crippen LogP contribution in [0.4, 0.5) is 4.79 Å². The van der Waals surface area contributed by atoms with Gasteiger partial charge in [-0.2, -0.15) is 5.10 Å². The van der Waals surface area contributed by atoms with Crippen molar-refractivity contribution in [2.75, 3.05) is 0 Å². The molecule has 0 spiro atoms. The van der Waals surface area contributed by atoms with Crippen LogP contribution in [0.2, 0.25) is 5.15 Å². The number of hydrogen-bond donors (Lipinski definition) is 0. The molecule has 112 valence electrons. The Bertz CT molecular complexity index is 515. The smallest absolute Gasteiger partial charge is 0.410 e. The lowest BCUT2D eigenvalue weighted by Gasteiger charge is -2.27. The predicted molar refractivity (Wildman–Crippen MR) is 77.8 cm³/mol. The first-order chi connectivity index (χ1) is 9.19. The third-order valence-electron chi connectivity index (χ3n) is 3.21. The molecule has 1 fully saturated rings. The van der Waals surface area contributed by atoms with E-state index in [1.54, 1.807) is 16.6 Å². The summed E-state index contributed by atoms with van der Waals surface area (Å²) < 4.78 is 7.11. The summed E-state index contributed by atoms with van der Waals surface area (Å²) in [5.41, 5.74) is 1.26. The number of hydrogen-bond acceptors (Lipinski definition) is 3. The first-order valence-corrected chi connectivity index (χ1v) is 7.24. The van der Waals surface area contributed by atoms with Crippen LogP contribution in [0.25, 0.3) is 0 Å². The number of carbonyl (C=O) groups is 1. The van der Waals surface area contributed by atoms with Gasteiger partial charge in [-0.1, -0.05) is 11.6 Å². The molecule has 0 aromatic carbocycles. The van der Waals surface area contributed by atoms with E-state index in [2.05, 4.69) is 5.10 Å². The van der Waals surface area contributed by atoms with Crippen molar-refractivity contribution in [1.82, 2.24) is 14.7 Å². The van der Waals surface area contributed by atoms with Crippen LogP contribution in [0.3, 0.4) is 0 Å². The molecule has 0 bridgehead atoms. The summed E-state index contributed by atoms with van der Waals surface area (Å²) in [5, 5.41) is 4.86. The predicted octanol–water partition coefficient (Wildman–Crippen LogP) is 3.28. The van der Waals surface area contributed by atoms with Gasteiger partial charge in [0.1, 0.15) is 10.8 Å². The van der Waals surface area contributed by atoms with Crippen LogP contribution in [0.1, 0.15) is 44.9 Å². The molecule has 1 amide bonds. The van der Waals surface area contributed by atoms with Crippen molar-refractivity contribution in [3.05, 3.63) is 16.4 Å². The second-order valence-electron chi connectivity index (χ2n) is 6.32. The van der Waals surface area contributed by atoms with Crippen molar-refractivity contribution >= 4 is 17.7 Å². The minimum atomic E-state index is -0.488. The fourth-order valence-electron chi connectivity index (χ4n) is 2.07. The fraction of sp³-hybridized carbons (Fsp3) is 0.714. The number of rotatable bonds is 3. The van der Waals surface area contributed by atoms with E-state index in [1.165, 1.54) is 0 Å². The number of ether oxygens (including phenoxy) is 1. The first kappa shape index (κ1) is 15.2. The zero-order chi connectivity index (χ0) is 15.1. The van der Waals surface area contributed by atoms with Gasteiger partial charge in [0.05, 0.1) is 12.2 Å². The number of nitrogens with zero attached hydrogens (tertiary/aromatic N) is 3. The fourth-order valence-corrected chi connectivity index (χ4v) is 2.31. The Balaban J connectivity index is 2.16. The van der Waals surface area contributed by atoms with Crippen molar-refractivity contribution in [2.45, 2.75) is 58.7 Å². The third kappa shape index (κ3) is 3.45. The Morgan fingerprint density at radius 1 is 1.50 bits per heavy atom. The molecule has 0 N–H and O–H groups in total. The maximum Gasteiger partial charge on any atom is 0.410 e. The molecule has 2 rings (SSSR count). The average Bonchev–Trinajstić information content (AvgIpc) is 3.07. The minimum Gasteiger partial charge on any atom is -0.444 e. The molecule has 0 aliphatic heterocycles. The summed E-state index contributed by atoms with van der Waals surface area (Å²) in [7, 11) is 1.80. The van der Waals surface area contributed by atoms with Gasteiger partial charge in [-0.3, -0.25) is 4.68 Å². The Hall–Kier alpha value is -1.23. The lowest BCUT2D eigenvalue weighted by molar-refractivity contribution is 0.0216. The number of carbonyl (C=O) groups excluding carboxylic acids is 1. The van der Waals surface area contributed by atoms with Crippen LogP contribution in [0.15, 0.2) is 0 Å². The molecule has 0 radical (unpaired) electrons. The summed E-state index contributed by atoms with van der Waals surface area (Å²) in [6, 6.07) is 0.264. The van der Waals surface area contributed by atoms with Gasteiger partial charge in [0, 0.05) is 18.7 Å². The molecule has 1 aromatic rings. The number of aromatic nitrogens is 2. The Kier molecular flexibility index (Phi) is 4.00. The van der Waals surface area contributed by atoms with Gasteiger partial charge in [-0.15, -0.1) is 0 Å². The zero-order valence-electron chi connectivity index (χ0n) is 12.7. The monoisotopic (exact) mass is 299 g/mol. The lowest BCUT2D eigenvalue weighted by Crippen LogP contribution is -2.38. The third-order valence-corrected chi connectivity index (χ3v) is 3.69. The van der Waals surface area contributed by atoms with Crippen molar-refractivity contribution < 1.29 is 9.53 Å². The molecule has 0 atom stereocenters. The number of amides is 1. The van der Waals surface area contributed by atoms with E-state index >= 15 is 0 Å². The van der Waals surface area contributed by atoms with Gasteiger partial charge in [0.25, 0.3) is 0 Å². The van der Waals surface area contributed by atoms with E-state index < -0.39 is 5.60 Å². The van der Waals surface area contributed by atoms with Gasteiger partial charge < -0.3 is 9.64 Å². The van der Waals surface area contributed by atoms with Crippen molar-refractivity contribution in [3.8, 4) is 0 Å². The standard InChI is InChI=1S/C14H22ClN3O2/c1-9-11(12(15)17(5)16-9)8-18(10-6-7-10)13(19)20-14(2,3)4/h10H,6-8H2,1-5H3. The molecule has 1 heterocycles. The summed E-state index contributed by atoms with van der Waals surface area (Å²) in [5.74, 6) is 0. The summed E-state index contributed by atoms with van der Waals surface area (Å²) in [6.07, 6.45) is 1.77. The van der Waals surface area contributed by atoms with Crippen molar-refractivity contribution in [2.24, 2.45) is 7.05 Å². The van der Waals surface area contributed by atoms with Crippen molar-refractivity contribution in [1.29, 1.82) is 0 Å². The number of halogens is 1. The highest BCUT2D eigenvalue weighted by atomic mass is 35.5. The first-order valence-electron chi connectivity index (χ1n) is 6.86. The van der Waals surface area contributed by atoms with Gasteiger partial charge in [0.2, 0.25) is 0 Å². The average molecular weight is 300 g/mol. The van der Waals surface area contributed by atoms with Gasteiger partial charge in [0.15, 0.2) is 0 Å². The van der Waals surface area contributed by atoms with E-state index in [-0.39, 0.29) is 12.1 Å². The van der Waals surface area contributed by atoms with Crippen molar-refractivity contribution in [3.63, 3.8) is 0 Å². The van der Waals surface area contributed by atoms with Gasteiger partial charge in [-0.25, -0.2) is 4.79 Å². The van der Waals surface area contributed by atoms with Crippen LogP contribution in [0, 0.1) is 6.92 Å². The molecular formula is C14H22ClN3O2. The van der Waals surface area contributed by atoms with Crippen LogP contribution in [0.5, 0.6) is 0 Å². The normalized spacial score (nSPS) is 15.3. The molecule has 1 saturated carbocycles. The largest absolute Gasteiger partial charge is 0.444 e. The maximum atomic E-state index is 12.3. The molecule has 1 aliphatic rings. The summed E-state index contributed by atoms with van der Waals surface area (Å²) in [6.45, 7) is 7.98. The SMILES string of the molecule is Cc1nn(C)c(Cl)c1CN(C(=O)OC(C)(C)C)C1CC1. The second-order valence-corrected chi connectivity index (χ2v) is 6.68. The van der Waals surface area contributed by atoms with Gasteiger partial charge >= 0.3 is 6.09 Å². The maximum absolute atomic E-state index is 12.3. The molecular weight excluding hydrogens is 278 g/mol. The van der Waals surface area contributed by atoms with Crippen LogP contribution >= 0.6 is 11.6 Å². The molecule has 6 heteroatoms. The van der Waals surface area contributed by atoms with E-state index in [0.29, 0.717) is 11.7 Å². The second kappa shape index (κ2) is 5.28. The Labute approximate surface area is 124 Å². The highest BCUT2D eigenvalue weighted by Gasteiger charge is 2.36. The van der Waals surface area contributed by atoms with Crippen LogP contribution in [-0.4, -0.2) is 32.4 Å². The Morgan fingerprint density at radius 3 is 2.50 bits per heavy atom. The van der Waals surface area contributed by atoms with Crippen LogP contribution < -0.4 is 0 Å². The molecule has 0 unspecified atom stereocenters. The van der Waals surface area contributed by atoms with Crippen LogP contribution in [-0.2, 0) is 18.3 Å². The highest BCUT2D eigenvalue weighted by molar-refractivity contribution is 6.30. The zero-order valence-corrected chi connectivity index (χ0v) is 13.5. The molecule has 20 heavy (non-hydrogen) atoms. The molecule has 0 saturated heterocycles. The van der Waals surface area contributed by atoms with E-state index in [0.717, 1.165) is 24.1 Å². The lowest BCUT2D eigenvalue weighted by atomic mass is 10.2. The number of aryl methyl sites for hydroxylation is 2. The van der Waals surface area contributed by atoms with E-state index in [1.807, 2.05) is 27.7 Å². The molecule has 1 aromatic heterocycles. The minimum absolute atomic E-state index is 0.264. The summed E-state index contributed by atoms with van der Waals surface area (Å²) >= 11 is 6.24. The topological polar surface area (TPSA) is 47.4 Å². The van der Waals surface area contributed by atoms with E-state index in [4.69, 9.17) is 16.3 Å². The molecule has 1 aliphatic carbocycles. The molecule has 5 nitrogen and oxygen atoms in total. The Morgan fingerprint density at radius 2 is 2.10 bits per heavy atom. The quantitative estimate of drug-likeness (QED) is 0.860.